The number of rotatable bonds is 9. The molecule has 0 aliphatic rings. The third-order valence-corrected chi connectivity index (χ3v) is 4.69. The van der Waals surface area contributed by atoms with Crippen LogP contribution < -0.4 is 15.4 Å². The molecule has 1 aromatic heterocycles. The number of benzene rings is 2. The number of hydrogen-bond donors (Lipinski definition) is 2. The molecule has 0 aliphatic heterocycles. The summed E-state index contributed by atoms with van der Waals surface area (Å²) in [6.45, 7) is 2.76. The van der Waals surface area contributed by atoms with E-state index < -0.39 is 29.3 Å². The van der Waals surface area contributed by atoms with Gasteiger partial charge >= 0.3 is 12.1 Å². The average Bonchev–Trinajstić information content (AvgIpc) is 3.29. The van der Waals surface area contributed by atoms with Gasteiger partial charge < -0.3 is 20.1 Å². The molecule has 11 heteroatoms. The SMILES string of the molecule is CCOc1ccc(NCCNC(=O)c2cn(-c3ccccc3C(=O)OC)nc2C(F)(F)F)cc1. The van der Waals surface area contributed by atoms with Gasteiger partial charge in [0.2, 0.25) is 0 Å². The van der Waals surface area contributed by atoms with E-state index in [9.17, 15) is 22.8 Å². The van der Waals surface area contributed by atoms with Gasteiger partial charge in [-0.05, 0) is 43.3 Å². The Hall–Kier alpha value is -4.02. The topological polar surface area (TPSA) is 94.5 Å². The molecule has 0 saturated heterocycles. The lowest BCUT2D eigenvalue weighted by molar-refractivity contribution is -0.141. The van der Waals surface area contributed by atoms with Crippen LogP contribution in [-0.2, 0) is 10.9 Å². The second-order valence-corrected chi connectivity index (χ2v) is 6.98. The molecule has 3 aromatic rings. The summed E-state index contributed by atoms with van der Waals surface area (Å²) in [5.41, 5.74) is -1.19. The smallest absolute Gasteiger partial charge is 0.435 e. The summed E-state index contributed by atoms with van der Waals surface area (Å²) in [5.74, 6) is -0.972. The molecule has 0 saturated carbocycles. The van der Waals surface area contributed by atoms with E-state index >= 15 is 0 Å². The van der Waals surface area contributed by atoms with E-state index in [1.54, 1.807) is 24.3 Å². The Balaban J connectivity index is 1.73. The van der Waals surface area contributed by atoms with Gasteiger partial charge in [-0.2, -0.15) is 18.3 Å². The summed E-state index contributed by atoms with van der Waals surface area (Å²) in [4.78, 5) is 24.6. The van der Waals surface area contributed by atoms with Crippen LogP contribution in [0.2, 0.25) is 0 Å². The first-order valence-electron chi connectivity index (χ1n) is 10.3. The number of esters is 1. The van der Waals surface area contributed by atoms with Crippen molar-refractivity contribution in [2.24, 2.45) is 0 Å². The van der Waals surface area contributed by atoms with Gasteiger partial charge in [-0.1, -0.05) is 12.1 Å². The van der Waals surface area contributed by atoms with E-state index in [4.69, 9.17) is 4.74 Å². The number of alkyl halides is 3. The van der Waals surface area contributed by atoms with Gasteiger partial charge in [0, 0.05) is 25.0 Å². The Labute approximate surface area is 193 Å². The summed E-state index contributed by atoms with van der Waals surface area (Å²) in [7, 11) is 1.16. The van der Waals surface area contributed by atoms with Crippen molar-refractivity contribution in [2.45, 2.75) is 13.1 Å². The standard InChI is InChI=1S/C23H23F3N4O4/c1-3-34-16-10-8-15(9-11-16)27-12-13-28-21(31)18-14-30(29-20(18)23(24,25)26)19-7-5-4-6-17(19)22(32)33-2/h4-11,14,27H,3,12-13H2,1-2H3,(H,28,31). The lowest BCUT2D eigenvalue weighted by Gasteiger charge is -2.10. The molecule has 0 radical (unpaired) electrons. The number of methoxy groups -OCH3 is 1. The molecule has 8 nitrogen and oxygen atoms in total. The number of ether oxygens (including phenoxy) is 2. The normalized spacial score (nSPS) is 11.1. The molecule has 34 heavy (non-hydrogen) atoms. The van der Waals surface area contributed by atoms with Gasteiger partial charge in [0.15, 0.2) is 5.69 Å². The number of aromatic nitrogens is 2. The third kappa shape index (κ3) is 5.85. The van der Waals surface area contributed by atoms with E-state index in [0.29, 0.717) is 12.4 Å². The Morgan fingerprint density at radius 3 is 2.38 bits per heavy atom. The van der Waals surface area contributed by atoms with Crippen molar-refractivity contribution in [2.75, 3.05) is 32.1 Å². The molecular weight excluding hydrogens is 453 g/mol. The monoisotopic (exact) mass is 476 g/mol. The molecule has 0 bridgehead atoms. The first-order chi connectivity index (χ1) is 16.2. The summed E-state index contributed by atoms with van der Waals surface area (Å²) < 4.78 is 51.7. The molecule has 3 rings (SSSR count). The molecule has 1 amide bonds. The quantitative estimate of drug-likeness (QED) is 0.359. The van der Waals surface area contributed by atoms with E-state index in [1.807, 2.05) is 6.92 Å². The Morgan fingerprint density at radius 1 is 1.03 bits per heavy atom. The van der Waals surface area contributed by atoms with Crippen LogP contribution in [0.4, 0.5) is 18.9 Å². The fourth-order valence-corrected chi connectivity index (χ4v) is 3.14. The van der Waals surface area contributed by atoms with Crippen LogP contribution >= 0.6 is 0 Å². The highest BCUT2D eigenvalue weighted by Gasteiger charge is 2.39. The molecular formula is C23H23F3N4O4. The van der Waals surface area contributed by atoms with E-state index in [1.165, 1.54) is 24.3 Å². The van der Waals surface area contributed by atoms with Crippen LogP contribution in [0.25, 0.3) is 5.69 Å². The van der Waals surface area contributed by atoms with Gasteiger partial charge in [-0.25, -0.2) is 9.48 Å². The van der Waals surface area contributed by atoms with Gasteiger partial charge in [-0.15, -0.1) is 0 Å². The maximum absolute atomic E-state index is 13.6. The van der Waals surface area contributed by atoms with Gasteiger partial charge in [-0.3, -0.25) is 4.79 Å². The summed E-state index contributed by atoms with van der Waals surface area (Å²) in [6.07, 6.45) is -3.93. The molecule has 2 N–H and O–H groups in total. The molecule has 0 fully saturated rings. The minimum absolute atomic E-state index is 0.00716. The third-order valence-electron chi connectivity index (χ3n) is 4.69. The zero-order valence-corrected chi connectivity index (χ0v) is 18.5. The van der Waals surface area contributed by atoms with Crippen molar-refractivity contribution in [1.82, 2.24) is 15.1 Å². The fraction of sp³-hybridized carbons (Fsp3) is 0.261. The van der Waals surface area contributed by atoms with E-state index in [2.05, 4.69) is 20.5 Å². The molecule has 0 spiro atoms. The van der Waals surface area contributed by atoms with Crippen LogP contribution in [0.15, 0.2) is 54.7 Å². The van der Waals surface area contributed by atoms with Crippen LogP contribution in [0.5, 0.6) is 5.75 Å². The molecule has 0 aliphatic carbocycles. The summed E-state index contributed by atoms with van der Waals surface area (Å²) in [5, 5.41) is 9.06. The second-order valence-electron chi connectivity index (χ2n) is 6.98. The summed E-state index contributed by atoms with van der Waals surface area (Å²) >= 11 is 0. The number of halogens is 3. The molecule has 0 unspecified atom stereocenters. The average molecular weight is 476 g/mol. The van der Waals surface area contributed by atoms with Crippen molar-refractivity contribution in [3.8, 4) is 11.4 Å². The number of carbonyl (C=O) groups is 2. The number of amides is 1. The van der Waals surface area contributed by atoms with Crippen molar-refractivity contribution in [3.05, 3.63) is 71.5 Å². The zero-order valence-electron chi connectivity index (χ0n) is 18.5. The van der Waals surface area contributed by atoms with E-state index in [0.717, 1.165) is 23.7 Å². The molecule has 180 valence electrons. The lowest BCUT2D eigenvalue weighted by Crippen LogP contribution is -2.30. The van der Waals surface area contributed by atoms with Crippen LogP contribution in [0.3, 0.4) is 0 Å². The predicted octanol–water partition coefficient (Wildman–Crippen LogP) is 3.92. The lowest BCUT2D eigenvalue weighted by atomic mass is 10.2. The van der Waals surface area contributed by atoms with Gasteiger partial charge in [0.25, 0.3) is 5.91 Å². The number of anilines is 1. The number of nitrogens with one attached hydrogen (secondary N) is 2. The maximum atomic E-state index is 13.6. The Morgan fingerprint density at radius 2 is 1.74 bits per heavy atom. The van der Waals surface area contributed by atoms with Gasteiger partial charge in [0.05, 0.1) is 30.5 Å². The van der Waals surface area contributed by atoms with Crippen molar-refractivity contribution in [1.29, 1.82) is 0 Å². The first kappa shape index (κ1) is 24.6. The second kappa shape index (κ2) is 10.7. The van der Waals surface area contributed by atoms with Crippen molar-refractivity contribution in [3.63, 3.8) is 0 Å². The highest BCUT2D eigenvalue weighted by molar-refractivity contribution is 5.96. The largest absolute Gasteiger partial charge is 0.494 e. The minimum Gasteiger partial charge on any atom is -0.494 e. The molecule has 1 heterocycles. The zero-order chi connectivity index (χ0) is 24.7. The summed E-state index contributed by atoms with van der Waals surface area (Å²) in [6, 6.07) is 13.0. The predicted molar refractivity (Wildman–Crippen MR) is 118 cm³/mol. The Kier molecular flexibility index (Phi) is 7.77. The first-order valence-corrected chi connectivity index (χ1v) is 10.3. The van der Waals surface area contributed by atoms with Crippen LogP contribution in [0.1, 0.15) is 33.3 Å². The van der Waals surface area contributed by atoms with Crippen LogP contribution in [0, 0.1) is 0 Å². The Bertz CT molecular complexity index is 1140. The van der Waals surface area contributed by atoms with Crippen molar-refractivity contribution < 1.29 is 32.2 Å². The van der Waals surface area contributed by atoms with Crippen molar-refractivity contribution >= 4 is 17.6 Å². The number of nitrogens with zero attached hydrogens (tertiary/aromatic N) is 2. The highest BCUT2D eigenvalue weighted by atomic mass is 19.4. The van der Waals surface area contributed by atoms with Crippen LogP contribution in [-0.4, -0.2) is 48.5 Å². The molecule has 2 aromatic carbocycles. The highest BCUT2D eigenvalue weighted by Crippen LogP contribution is 2.32. The number of hydrogen-bond acceptors (Lipinski definition) is 6. The fourth-order valence-electron chi connectivity index (χ4n) is 3.14. The van der Waals surface area contributed by atoms with E-state index in [-0.39, 0.29) is 24.3 Å². The maximum Gasteiger partial charge on any atom is 0.435 e. The minimum atomic E-state index is -4.88. The van der Waals surface area contributed by atoms with Gasteiger partial charge in [0.1, 0.15) is 5.75 Å². The number of para-hydroxylation sites is 1. The number of carbonyl (C=O) groups excluding carboxylic acids is 2. The molecule has 0 atom stereocenters.